The van der Waals surface area contributed by atoms with Crippen LogP contribution < -0.4 is 11.3 Å². The van der Waals surface area contributed by atoms with Crippen LogP contribution in [0.15, 0.2) is 35.4 Å². The Balaban J connectivity index is 1.32. The summed E-state index contributed by atoms with van der Waals surface area (Å²) in [7, 11) is -3.96. The van der Waals surface area contributed by atoms with Gasteiger partial charge >= 0.3 is 13.8 Å². The van der Waals surface area contributed by atoms with Crippen LogP contribution in [0.3, 0.4) is 0 Å². The number of hydrogen-bond donors (Lipinski definition) is 2. The molecule has 15 heteroatoms. The van der Waals surface area contributed by atoms with Gasteiger partial charge in [0, 0.05) is 6.54 Å². The van der Waals surface area contributed by atoms with Crippen LogP contribution in [0.4, 0.5) is 15.1 Å². The zero-order valence-electron chi connectivity index (χ0n) is 19.8. The second-order valence-corrected chi connectivity index (χ2v) is 10.3. The highest BCUT2D eigenvalue weighted by atomic mass is 31.2. The van der Waals surface area contributed by atoms with E-state index in [1.165, 1.54) is 24.5 Å². The number of halogens is 1. The number of H-pyrrole nitrogens is 1. The molecule has 0 radical (unpaired) electrons. The van der Waals surface area contributed by atoms with Gasteiger partial charge in [0.1, 0.15) is 18.3 Å². The molecule has 0 spiro atoms. The van der Waals surface area contributed by atoms with Gasteiger partial charge in [-0.05, 0) is 43.4 Å². The van der Waals surface area contributed by atoms with Crippen LogP contribution in [0.25, 0.3) is 11.2 Å². The topological polar surface area (TPSA) is 170 Å². The highest BCUT2D eigenvalue weighted by Crippen LogP contribution is 2.49. The zero-order valence-corrected chi connectivity index (χ0v) is 20.7. The Morgan fingerprint density at radius 1 is 1.27 bits per heavy atom. The van der Waals surface area contributed by atoms with E-state index in [2.05, 4.69) is 15.0 Å². The first kappa shape index (κ1) is 26.7. The number of carbonyl (C=O) groups excluding carboxylic acids is 1. The van der Waals surface area contributed by atoms with E-state index >= 15 is 0 Å². The Hall–Kier alpha value is -3.32. The lowest BCUT2D eigenvalue weighted by atomic mass is 10.2. The van der Waals surface area contributed by atoms with Crippen LogP contribution in [0.5, 0.6) is 0 Å². The molecule has 2 heterocycles. The molecule has 1 unspecified atom stereocenters. The fraction of sp³-hybridized carbons (Fsp3) is 0.455. The van der Waals surface area contributed by atoms with Gasteiger partial charge in [-0.15, -0.1) is 0 Å². The van der Waals surface area contributed by atoms with E-state index in [1.54, 1.807) is 10.6 Å². The summed E-state index contributed by atoms with van der Waals surface area (Å²) in [6.07, 6.45) is 3.25. The van der Waals surface area contributed by atoms with E-state index in [1.807, 2.05) is 0 Å². The summed E-state index contributed by atoms with van der Waals surface area (Å²) in [6, 6.07) is 5.57. The van der Waals surface area contributed by atoms with E-state index in [-0.39, 0.29) is 43.0 Å². The van der Waals surface area contributed by atoms with E-state index in [0.717, 1.165) is 25.7 Å². The maximum Gasteiger partial charge on any atom is 0.510 e. The molecule has 2 aromatic heterocycles. The third-order valence-electron chi connectivity index (χ3n) is 5.53. The molecule has 0 saturated heterocycles. The standard InChI is InChI=1S/C22H27FN5O8P/c23-16-5-3-4-15(10-16)11-34-37(31,35-13-33-22(30)36-17-6-1-2-7-17)14-32-9-8-28-12-25-18-19(28)26-21(24)27-20(18)29/h3-5,10,12,17H,1-2,6-9,11,13-14H2,(H3,24,26,27,29). The van der Waals surface area contributed by atoms with Crippen LogP contribution in [0.1, 0.15) is 31.2 Å². The van der Waals surface area contributed by atoms with E-state index in [0.29, 0.717) is 5.56 Å². The molecule has 0 aliphatic heterocycles. The van der Waals surface area contributed by atoms with Crippen LogP contribution in [-0.4, -0.2) is 51.5 Å². The molecule has 0 bridgehead atoms. The van der Waals surface area contributed by atoms with Gasteiger partial charge in [0.2, 0.25) is 12.7 Å². The Morgan fingerprint density at radius 2 is 2.08 bits per heavy atom. The number of anilines is 1. The van der Waals surface area contributed by atoms with E-state index in [9.17, 15) is 18.5 Å². The lowest BCUT2D eigenvalue weighted by Gasteiger charge is -2.19. The quantitative estimate of drug-likeness (QED) is 0.150. The molecule has 3 aromatic rings. The number of hydrogen-bond acceptors (Lipinski definition) is 11. The van der Waals surface area contributed by atoms with Gasteiger partial charge in [-0.2, -0.15) is 4.98 Å². The van der Waals surface area contributed by atoms with Gasteiger partial charge in [-0.25, -0.2) is 14.2 Å². The number of carbonyl (C=O) groups is 1. The molecule has 3 N–H and O–H groups in total. The minimum atomic E-state index is -3.96. The molecule has 13 nitrogen and oxygen atoms in total. The van der Waals surface area contributed by atoms with Crippen molar-refractivity contribution >= 4 is 30.9 Å². The van der Waals surface area contributed by atoms with Crippen LogP contribution in [0, 0.1) is 5.82 Å². The Morgan fingerprint density at radius 3 is 2.86 bits per heavy atom. The SMILES string of the molecule is Nc1nc2c(ncn2CCOCP(=O)(OCOC(=O)OC2CCCC2)OCc2cccc(F)c2)c(=O)[nH]1. The average molecular weight is 539 g/mol. The van der Waals surface area contributed by atoms with Crippen molar-refractivity contribution in [3.8, 4) is 0 Å². The number of fused-ring (bicyclic) bond motifs is 1. The van der Waals surface area contributed by atoms with Crippen LogP contribution >= 0.6 is 7.60 Å². The Kier molecular flexibility index (Phi) is 8.87. The average Bonchev–Trinajstić information content (AvgIpc) is 3.51. The minimum absolute atomic E-state index is 0.0150. The highest BCUT2D eigenvalue weighted by molar-refractivity contribution is 7.53. The van der Waals surface area contributed by atoms with Crippen molar-refractivity contribution in [2.24, 2.45) is 0 Å². The van der Waals surface area contributed by atoms with Gasteiger partial charge in [-0.1, -0.05) is 12.1 Å². The van der Waals surface area contributed by atoms with E-state index < -0.39 is 38.3 Å². The zero-order chi connectivity index (χ0) is 26.3. The van der Waals surface area contributed by atoms with Gasteiger partial charge < -0.3 is 29.0 Å². The number of nitrogens with two attached hydrogens (primary N) is 1. The molecule has 1 aliphatic rings. The molecule has 4 rings (SSSR count). The normalized spacial score (nSPS) is 15.6. The number of rotatable bonds is 12. The number of ether oxygens (including phenoxy) is 3. The van der Waals surface area contributed by atoms with Crippen LogP contribution in [0.2, 0.25) is 0 Å². The number of nitrogens with one attached hydrogen (secondary N) is 1. The van der Waals surface area contributed by atoms with Crippen LogP contribution in [-0.2, 0) is 41.0 Å². The van der Waals surface area contributed by atoms with E-state index in [4.69, 9.17) is 29.0 Å². The summed E-state index contributed by atoms with van der Waals surface area (Å²) in [5, 5.41) is 0. The highest BCUT2D eigenvalue weighted by Gasteiger charge is 2.27. The van der Waals surface area contributed by atoms with Crippen molar-refractivity contribution in [3.05, 3.63) is 52.3 Å². The summed E-state index contributed by atoms with van der Waals surface area (Å²) in [5.74, 6) is -0.540. The fourth-order valence-corrected chi connectivity index (χ4v) is 4.85. The van der Waals surface area contributed by atoms with Gasteiger partial charge in [0.05, 0.1) is 19.5 Å². The Bertz CT molecular complexity index is 1330. The number of benzene rings is 1. The van der Waals surface area contributed by atoms with Crippen molar-refractivity contribution in [1.82, 2.24) is 19.5 Å². The summed E-state index contributed by atoms with van der Waals surface area (Å²) < 4.78 is 54.6. The molecular weight excluding hydrogens is 512 g/mol. The molecule has 1 saturated carbocycles. The molecular formula is C22H27FN5O8P. The second kappa shape index (κ2) is 12.3. The molecule has 1 aromatic carbocycles. The van der Waals surface area contributed by atoms with Gasteiger partial charge in [0.15, 0.2) is 11.2 Å². The molecule has 0 amide bonds. The molecule has 1 aliphatic carbocycles. The molecule has 1 fully saturated rings. The second-order valence-electron chi connectivity index (χ2n) is 8.28. The molecule has 37 heavy (non-hydrogen) atoms. The first-order chi connectivity index (χ1) is 17.8. The first-order valence-corrected chi connectivity index (χ1v) is 13.3. The third-order valence-corrected chi connectivity index (χ3v) is 7.05. The number of aromatic amines is 1. The summed E-state index contributed by atoms with van der Waals surface area (Å²) in [6.45, 7) is -0.710. The smallest absolute Gasteiger partial charge is 0.431 e. The number of imidazole rings is 1. The maximum atomic E-state index is 13.5. The predicted octanol–water partition coefficient (Wildman–Crippen LogP) is 3.29. The lowest BCUT2D eigenvalue weighted by Crippen LogP contribution is -2.17. The Labute approximate surface area is 210 Å². The monoisotopic (exact) mass is 539 g/mol. The van der Waals surface area contributed by atoms with Crippen molar-refractivity contribution in [3.63, 3.8) is 0 Å². The molecule has 200 valence electrons. The summed E-state index contributed by atoms with van der Waals surface area (Å²) >= 11 is 0. The van der Waals surface area contributed by atoms with Crippen molar-refractivity contribution in [2.75, 3.05) is 25.5 Å². The minimum Gasteiger partial charge on any atom is -0.431 e. The predicted molar refractivity (Wildman–Crippen MR) is 128 cm³/mol. The molecule has 1 atom stereocenters. The largest absolute Gasteiger partial charge is 0.510 e. The first-order valence-electron chi connectivity index (χ1n) is 11.6. The van der Waals surface area contributed by atoms with Crippen molar-refractivity contribution in [1.29, 1.82) is 0 Å². The third kappa shape index (κ3) is 7.59. The van der Waals surface area contributed by atoms with Gasteiger partial charge in [0.25, 0.3) is 5.56 Å². The number of nitrogen functional groups attached to an aromatic ring is 1. The summed E-state index contributed by atoms with van der Waals surface area (Å²) in [4.78, 5) is 34.2. The van der Waals surface area contributed by atoms with Gasteiger partial charge in [-0.3, -0.25) is 18.9 Å². The maximum absolute atomic E-state index is 13.5. The number of aromatic nitrogens is 4. The fourth-order valence-electron chi connectivity index (χ4n) is 3.72. The van der Waals surface area contributed by atoms with Crippen molar-refractivity contribution in [2.45, 2.75) is 44.9 Å². The van der Waals surface area contributed by atoms with Crippen molar-refractivity contribution < 1.29 is 37.0 Å². The number of nitrogens with zero attached hydrogens (tertiary/aromatic N) is 3. The lowest BCUT2D eigenvalue weighted by molar-refractivity contribution is -0.0211. The summed E-state index contributed by atoms with van der Waals surface area (Å²) in [5.41, 5.74) is 5.92.